The molecule has 3 rings (SSSR count). The van der Waals surface area contributed by atoms with Crippen LogP contribution in [-0.4, -0.2) is 53.1 Å². The first kappa shape index (κ1) is 25.7. The van der Waals surface area contributed by atoms with Crippen molar-refractivity contribution in [2.45, 2.75) is 71.9 Å². The van der Waals surface area contributed by atoms with Gasteiger partial charge in [0, 0.05) is 18.1 Å². The molecule has 1 saturated heterocycles. The molecule has 0 radical (unpaired) electrons. The van der Waals surface area contributed by atoms with Crippen molar-refractivity contribution in [1.82, 2.24) is 15.5 Å². The van der Waals surface area contributed by atoms with Gasteiger partial charge in [-0.2, -0.15) is 0 Å². The van der Waals surface area contributed by atoms with Gasteiger partial charge >= 0.3 is 5.91 Å². The Balaban J connectivity index is 1.39. The number of imide groups is 1. The number of carbonyl (C=O) groups excluding carboxylic acids is 5. The summed E-state index contributed by atoms with van der Waals surface area (Å²) in [7, 11) is 0. The average Bonchev–Trinajstić information content (AvgIpc) is 3.42. The summed E-state index contributed by atoms with van der Waals surface area (Å²) in [5.74, 6) is -2.13. The zero-order valence-corrected chi connectivity index (χ0v) is 20.2. The largest absolute Gasteiger partial charge is 0.344 e. The number of hydrogen-bond acceptors (Lipinski definition) is 6. The number of likely N-dealkylation sites (tertiary alicyclic amines) is 1. The SMILES string of the molecule is CC1=CC2CC1C1C(=O)N(CCCCCC(=O)NC(C(=O)N[C@@H](C)C(=O)N=O)C(C)C)C(=O)C21. The summed E-state index contributed by atoms with van der Waals surface area (Å²) in [6.45, 7) is 7.29. The molecule has 5 amide bonds. The van der Waals surface area contributed by atoms with E-state index < -0.39 is 23.9 Å². The van der Waals surface area contributed by atoms with Crippen LogP contribution in [0.5, 0.6) is 0 Å². The second-order valence-corrected chi connectivity index (χ2v) is 10.1. The second kappa shape index (κ2) is 10.6. The third-order valence-corrected chi connectivity index (χ3v) is 7.34. The maximum atomic E-state index is 12.8. The molecule has 6 atom stereocenters. The van der Waals surface area contributed by atoms with Crippen LogP contribution in [0.25, 0.3) is 0 Å². The summed E-state index contributed by atoms with van der Waals surface area (Å²) < 4.78 is 0. The lowest BCUT2D eigenvalue weighted by Crippen LogP contribution is -2.52. The smallest absolute Gasteiger partial charge is 0.308 e. The zero-order valence-electron chi connectivity index (χ0n) is 20.2. The summed E-state index contributed by atoms with van der Waals surface area (Å²) in [4.78, 5) is 73.4. The molecule has 1 heterocycles. The van der Waals surface area contributed by atoms with E-state index in [2.05, 4.69) is 21.9 Å². The molecular formula is C24H34N4O6. The van der Waals surface area contributed by atoms with Crippen LogP contribution >= 0.6 is 0 Å². The van der Waals surface area contributed by atoms with Gasteiger partial charge in [0.25, 0.3) is 0 Å². The summed E-state index contributed by atoms with van der Waals surface area (Å²) in [5, 5.41) is 7.36. The van der Waals surface area contributed by atoms with Gasteiger partial charge in [-0.3, -0.25) is 28.9 Å². The standard InChI is InChI=1S/C24H34N4O6/c1-12(2)20(22(31)25-14(4)21(30)27-34)26-17(29)8-6-5-7-9-28-23(32)18-15-10-13(3)16(11-15)19(18)24(28)33/h10,12,14-16,18-20H,5-9,11H2,1-4H3,(H,25,31)(H,26,29)/t14-,15?,16?,18?,19?,20?/m0/s1. The Labute approximate surface area is 199 Å². The topological polar surface area (TPSA) is 142 Å². The van der Waals surface area contributed by atoms with E-state index in [1.54, 1.807) is 13.8 Å². The fourth-order valence-corrected chi connectivity index (χ4v) is 5.51. The van der Waals surface area contributed by atoms with Gasteiger partial charge in [0.2, 0.25) is 23.6 Å². The summed E-state index contributed by atoms with van der Waals surface area (Å²) in [6, 6.07) is -1.91. The van der Waals surface area contributed by atoms with Gasteiger partial charge in [-0.1, -0.05) is 31.9 Å². The van der Waals surface area contributed by atoms with E-state index in [0.29, 0.717) is 25.8 Å². The number of allylic oxidation sites excluding steroid dienone is 2. The Morgan fingerprint density at radius 3 is 2.38 bits per heavy atom. The third-order valence-electron chi connectivity index (χ3n) is 7.34. The number of nitroso groups, excluding NO2 is 1. The lowest BCUT2D eigenvalue weighted by molar-refractivity contribution is -0.141. The van der Waals surface area contributed by atoms with E-state index >= 15 is 0 Å². The molecule has 1 aliphatic heterocycles. The predicted molar refractivity (Wildman–Crippen MR) is 123 cm³/mol. The molecule has 2 N–H and O–H groups in total. The first-order valence-corrected chi connectivity index (χ1v) is 12.1. The molecule has 0 aromatic rings. The van der Waals surface area contributed by atoms with Gasteiger partial charge in [0.05, 0.1) is 11.8 Å². The highest BCUT2D eigenvalue weighted by Crippen LogP contribution is 2.55. The van der Waals surface area contributed by atoms with Crippen molar-refractivity contribution in [3.63, 3.8) is 0 Å². The average molecular weight is 475 g/mol. The fraction of sp³-hybridized carbons (Fsp3) is 0.708. The Kier molecular flexibility index (Phi) is 7.99. The van der Waals surface area contributed by atoms with Crippen LogP contribution in [0.3, 0.4) is 0 Å². The maximum absolute atomic E-state index is 12.8. The van der Waals surface area contributed by atoms with Crippen molar-refractivity contribution < 1.29 is 24.0 Å². The number of carbonyl (C=O) groups is 5. The maximum Gasteiger partial charge on any atom is 0.308 e. The van der Waals surface area contributed by atoms with Crippen LogP contribution in [-0.2, 0) is 24.0 Å². The molecule has 0 aromatic heterocycles. The monoisotopic (exact) mass is 474 g/mol. The van der Waals surface area contributed by atoms with E-state index in [0.717, 1.165) is 6.42 Å². The minimum absolute atomic E-state index is 0.0454. The number of unbranched alkanes of at least 4 members (excludes halogenated alkanes) is 2. The fourth-order valence-electron chi connectivity index (χ4n) is 5.51. The molecule has 2 fully saturated rings. The molecule has 34 heavy (non-hydrogen) atoms. The number of nitrogens with one attached hydrogen (secondary N) is 2. The van der Waals surface area contributed by atoms with Crippen molar-refractivity contribution in [3.05, 3.63) is 16.6 Å². The van der Waals surface area contributed by atoms with Crippen LogP contribution in [0, 0.1) is 34.5 Å². The van der Waals surface area contributed by atoms with Crippen LogP contribution < -0.4 is 10.6 Å². The molecule has 2 aliphatic carbocycles. The first-order chi connectivity index (χ1) is 16.1. The summed E-state index contributed by atoms with van der Waals surface area (Å²) in [6.07, 6.45) is 5.11. The third kappa shape index (κ3) is 5.10. The molecule has 0 spiro atoms. The quantitative estimate of drug-likeness (QED) is 0.202. The minimum Gasteiger partial charge on any atom is -0.344 e. The Morgan fingerprint density at radius 2 is 1.74 bits per heavy atom. The van der Waals surface area contributed by atoms with Gasteiger partial charge in [0.15, 0.2) is 0 Å². The van der Waals surface area contributed by atoms with E-state index in [1.807, 2.05) is 6.92 Å². The number of nitrogens with zero attached hydrogens (tertiary/aromatic N) is 2. The number of rotatable bonds is 11. The highest BCUT2D eigenvalue weighted by Gasteiger charge is 2.60. The Morgan fingerprint density at radius 1 is 1.06 bits per heavy atom. The zero-order chi connectivity index (χ0) is 25.2. The van der Waals surface area contributed by atoms with Crippen LogP contribution in [0.1, 0.15) is 59.8 Å². The van der Waals surface area contributed by atoms with Crippen LogP contribution in [0.4, 0.5) is 0 Å². The van der Waals surface area contributed by atoms with Crippen molar-refractivity contribution in [2.75, 3.05) is 6.54 Å². The van der Waals surface area contributed by atoms with E-state index in [4.69, 9.17) is 0 Å². The molecule has 10 nitrogen and oxygen atoms in total. The Bertz CT molecular complexity index is 913. The first-order valence-electron chi connectivity index (χ1n) is 12.1. The van der Waals surface area contributed by atoms with E-state index in [9.17, 15) is 28.9 Å². The lowest BCUT2D eigenvalue weighted by Gasteiger charge is -2.23. The molecular weight excluding hydrogens is 440 g/mol. The lowest BCUT2D eigenvalue weighted by atomic mass is 9.82. The van der Waals surface area contributed by atoms with Gasteiger partial charge in [-0.05, 0) is 50.9 Å². The van der Waals surface area contributed by atoms with Crippen molar-refractivity contribution in [1.29, 1.82) is 0 Å². The number of amides is 5. The van der Waals surface area contributed by atoms with Gasteiger partial charge in [0.1, 0.15) is 12.1 Å². The minimum atomic E-state index is -1.06. The second-order valence-electron chi connectivity index (χ2n) is 10.1. The summed E-state index contributed by atoms with van der Waals surface area (Å²) >= 11 is 0. The molecule has 3 aliphatic rings. The molecule has 1 saturated carbocycles. The van der Waals surface area contributed by atoms with Crippen LogP contribution in [0.15, 0.2) is 16.8 Å². The molecule has 0 aromatic carbocycles. The van der Waals surface area contributed by atoms with Gasteiger partial charge < -0.3 is 10.6 Å². The van der Waals surface area contributed by atoms with Crippen molar-refractivity contribution in [2.24, 2.45) is 34.8 Å². The van der Waals surface area contributed by atoms with Gasteiger partial charge in [-0.25, -0.2) is 0 Å². The number of hydrogen-bond donors (Lipinski definition) is 2. The highest BCUT2D eigenvalue weighted by molar-refractivity contribution is 6.06. The molecule has 10 heteroatoms. The molecule has 186 valence electrons. The molecule has 2 bridgehead atoms. The van der Waals surface area contributed by atoms with E-state index in [1.165, 1.54) is 17.4 Å². The summed E-state index contributed by atoms with van der Waals surface area (Å²) in [5.41, 5.74) is 1.23. The predicted octanol–water partition coefficient (Wildman–Crippen LogP) is 1.68. The highest BCUT2D eigenvalue weighted by atomic mass is 16.3. The van der Waals surface area contributed by atoms with Crippen molar-refractivity contribution >= 4 is 29.5 Å². The normalized spacial score (nSPS) is 26.9. The van der Waals surface area contributed by atoms with Gasteiger partial charge in [-0.15, -0.1) is 4.91 Å². The number of fused-ring (bicyclic) bond motifs is 5. The Hall–Kier alpha value is -2.91. The molecule has 5 unspecified atom stereocenters. The van der Waals surface area contributed by atoms with Crippen molar-refractivity contribution in [3.8, 4) is 0 Å². The van der Waals surface area contributed by atoms with Crippen LogP contribution in [0.2, 0.25) is 0 Å². The van der Waals surface area contributed by atoms with E-state index in [-0.39, 0.29) is 53.7 Å².